The Labute approximate surface area is 144 Å². The smallest absolute Gasteiger partial charge is 0.274 e. The van der Waals surface area contributed by atoms with Crippen molar-refractivity contribution in [3.05, 3.63) is 63.0 Å². The van der Waals surface area contributed by atoms with Gasteiger partial charge in [0.1, 0.15) is 11.3 Å². The third-order valence-electron chi connectivity index (χ3n) is 3.64. The molecule has 0 saturated heterocycles. The van der Waals surface area contributed by atoms with Gasteiger partial charge >= 0.3 is 0 Å². The van der Waals surface area contributed by atoms with E-state index in [1.54, 1.807) is 29.7 Å². The molecule has 1 amide bonds. The van der Waals surface area contributed by atoms with Crippen LogP contribution in [-0.2, 0) is 0 Å². The second-order valence-corrected chi connectivity index (χ2v) is 6.36. The van der Waals surface area contributed by atoms with Crippen molar-refractivity contribution in [2.45, 2.75) is 20.8 Å². The number of carbonyl (C=O) groups is 1. The maximum atomic E-state index is 12.7. The fraction of sp³-hybridized carbons (Fsp3) is 0.176. The SMILES string of the molecule is Cc1cc(C)c(NC(=O)c2c(C)nc3ccc(Cl)cn23)c(Cl)c1. The van der Waals surface area contributed by atoms with E-state index in [2.05, 4.69) is 10.3 Å². The van der Waals surface area contributed by atoms with Gasteiger partial charge in [-0.2, -0.15) is 0 Å². The Morgan fingerprint density at radius 1 is 1.17 bits per heavy atom. The molecule has 2 aromatic heterocycles. The molecular weight excluding hydrogens is 333 g/mol. The van der Waals surface area contributed by atoms with Gasteiger partial charge in [0.25, 0.3) is 5.91 Å². The molecule has 3 rings (SSSR count). The van der Waals surface area contributed by atoms with E-state index < -0.39 is 0 Å². The van der Waals surface area contributed by atoms with Crippen molar-refractivity contribution in [3.63, 3.8) is 0 Å². The molecule has 0 aliphatic rings. The minimum absolute atomic E-state index is 0.272. The van der Waals surface area contributed by atoms with Crippen LogP contribution in [-0.4, -0.2) is 15.3 Å². The molecule has 0 unspecified atom stereocenters. The zero-order valence-corrected chi connectivity index (χ0v) is 14.5. The van der Waals surface area contributed by atoms with Gasteiger partial charge in [0.05, 0.1) is 21.4 Å². The Balaban J connectivity index is 2.05. The molecule has 0 aliphatic carbocycles. The molecule has 0 saturated carbocycles. The summed E-state index contributed by atoms with van der Waals surface area (Å²) in [4.78, 5) is 17.1. The van der Waals surface area contributed by atoms with Crippen molar-refractivity contribution in [3.8, 4) is 0 Å². The number of benzene rings is 1. The molecule has 1 aromatic carbocycles. The van der Waals surface area contributed by atoms with E-state index >= 15 is 0 Å². The summed E-state index contributed by atoms with van der Waals surface area (Å²) in [7, 11) is 0. The number of halogens is 2. The Bertz CT molecular complexity index is 908. The molecular formula is C17H15Cl2N3O. The normalized spacial score (nSPS) is 11.0. The van der Waals surface area contributed by atoms with Crippen molar-refractivity contribution < 1.29 is 4.79 Å². The molecule has 0 aliphatic heterocycles. The van der Waals surface area contributed by atoms with Crippen molar-refractivity contribution in [2.24, 2.45) is 0 Å². The lowest BCUT2D eigenvalue weighted by molar-refractivity contribution is 0.102. The summed E-state index contributed by atoms with van der Waals surface area (Å²) < 4.78 is 1.68. The number of pyridine rings is 1. The Morgan fingerprint density at radius 3 is 2.61 bits per heavy atom. The van der Waals surface area contributed by atoms with Crippen LogP contribution in [0, 0.1) is 20.8 Å². The molecule has 118 valence electrons. The predicted octanol–water partition coefficient (Wildman–Crippen LogP) is 4.82. The molecule has 0 radical (unpaired) electrons. The van der Waals surface area contributed by atoms with Crippen LogP contribution in [0.2, 0.25) is 10.0 Å². The molecule has 4 nitrogen and oxygen atoms in total. The number of nitrogens with zero attached hydrogens (tertiary/aromatic N) is 2. The summed E-state index contributed by atoms with van der Waals surface area (Å²) in [6, 6.07) is 7.31. The van der Waals surface area contributed by atoms with E-state index in [-0.39, 0.29) is 5.91 Å². The lowest BCUT2D eigenvalue weighted by atomic mass is 10.1. The number of hydrogen-bond acceptors (Lipinski definition) is 2. The highest BCUT2D eigenvalue weighted by molar-refractivity contribution is 6.34. The molecule has 0 fully saturated rings. The third kappa shape index (κ3) is 2.92. The number of imidazole rings is 1. The lowest BCUT2D eigenvalue weighted by Gasteiger charge is -2.12. The number of anilines is 1. The van der Waals surface area contributed by atoms with E-state index in [4.69, 9.17) is 23.2 Å². The number of fused-ring (bicyclic) bond motifs is 1. The zero-order chi connectivity index (χ0) is 16.7. The van der Waals surface area contributed by atoms with Gasteiger partial charge in [-0.15, -0.1) is 0 Å². The van der Waals surface area contributed by atoms with Gasteiger partial charge in [0, 0.05) is 6.20 Å². The van der Waals surface area contributed by atoms with Crippen LogP contribution in [0.3, 0.4) is 0 Å². The zero-order valence-electron chi connectivity index (χ0n) is 12.9. The summed E-state index contributed by atoms with van der Waals surface area (Å²) in [6.45, 7) is 5.66. The second-order valence-electron chi connectivity index (χ2n) is 5.51. The average molecular weight is 348 g/mol. The Hall–Kier alpha value is -2.04. The largest absolute Gasteiger partial charge is 0.319 e. The second kappa shape index (κ2) is 5.87. The minimum Gasteiger partial charge on any atom is -0.319 e. The first kappa shape index (κ1) is 15.8. The van der Waals surface area contributed by atoms with E-state index in [0.29, 0.717) is 32.8 Å². The quantitative estimate of drug-likeness (QED) is 0.722. The van der Waals surface area contributed by atoms with Crippen molar-refractivity contribution in [1.29, 1.82) is 0 Å². The number of aromatic nitrogens is 2. The van der Waals surface area contributed by atoms with Crippen molar-refractivity contribution in [1.82, 2.24) is 9.38 Å². The van der Waals surface area contributed by atoms with Crippen LogP contribution in [0.25, 0.3) is 5.65 Å². The standard InChI is InChI=1S/C17H15Cl2N3O/c1-9-6-10(2)15(13(19)7-9)21-17(23)16-11(3)20-14-5-4-12(18)8-22(14)16/h4-8H,1-3H3,(H,21,23). The maximum Gasteiger partial charge on any atom is 0.274 e. The summed E-state index contributed by atoms with van der Waals surface area (Å²) in [5.74, 6) is -0.272. The van der Waals surface area contributed by atoms with E-state index in [9.17, 15) is 4.79 Å². The highest BCUT2D eigenvalue weighted by atomic mass is 35.5. The Kier molecular flexibility index (Phi) is 4.04. The summed E-state index contributed by atoms with van der Waals surface area (Å²) >= 11 is 12.3. The fourth-order valence-corrected chi connectivity index (χ4v) is 3.19. The summed E-state index contributed by atoms with van der Waals surface area (Å²) in [5.41, 5.74) is 4.31. The van der Waals surface area contributed by atoms with E-state index in [1.165, 1.54) is 0 Å². The molecule has 1 N–H and O–H groups in total. The van der Waals surface area contributed by atoms with Crippen LogP contribution >= 0.6 is 23.2 Å². The topological polar surface area (TPSA) is 46.4 Å². The van der Waals surface area contributed by atoms with Crippen LogP contribution in [0.15, 0.2) is 30.5 Å². The summed E-state index contributed by atoms with van der Waals surface area (Å²) in [6.07, 6.45) is 1.68. The van der Waals surface area contributed by atoms with Crippen LogP contribution < -0.4 is 5.32 Å². The van der Waals surface area contributed by atoms with Crippen molar-refractivity contribution >= 4 is 40.4 Å². The van der Waals surface area contributed by atoms with Crippen LogP contribution in [0.1, 0.15) is 27.3 Å². The number of aryl methyl sites for hydroxylation is 3. The molecule has 3 aromatic rings. The van der Waals surface area contributed by atoms with Crippen LogP contribution in [0.4, 0.5) is 5.69 Å². The third-order valence-corrected chi connectivity index (χ3v) is 4.16. The van der Waals surface area contributed by atoms with Crippen molar-refractivity contribution in [2.75, 3.05) is 5.32 Å². The lowest BCUT2D eigenvalue weighted by Crippen LogP contribution is -2.16. The fourth-order valence-electron chi connectivity index (χ4n) is 2.66. The molecule has 0 atom stereocenters. The number of nitrogens with one attached hydrogen (secondary N) is 1. The highest BCUT2D eigenvalue weighted by Gasteiger charge is 2.18. The molecule has 0 spiro atoms. The van der Waals surface area contributed by atoms with Gasteiger partial charge in [-0.05, 0) is 50.1 Å². The number of hydrogen-bond donors (Lipinski definition) is 1. The minimum atomic E-state index is -0.272. The van der Waals surface area contributed by atoms with E-state index in [1.807, 2.05) is 26.0 Å². The first-order valence-corrected chi connectivity index (χ1v) is 7.84. The Morgan fingerprint density at radius 2 is 1.91 bits per heavy atom. The average Bonchev–Trinajstić information content (AvgIpc) is 2.77. The van der Waals surface area contributed by atoms with E-state index in [0.717, 1.165) is 11.1 Å². The highest BCUT2D eigenvalue weighted by Crippen LogP contribution is 2.28. The van der Waals surface area contributed by atoms with Gasteiger partial charge in [-0.1, -0.05) is 29.3 Å². The molecule has 2 heterocycles. The van der Waals surface area contributed by atoms with Gasteiger partial charge < -0.3 is 5.32 Å². The predicted molar refractivity (Wildman–Crippen MR) is 93.8 cm³/mol. The maximum absolute atomic E-state index is 12.7. The van der Waals surface area contributed by atoms with Gasteiger partial charge in [0.2, 0.25) is 0 Å². The number of amides is 1. The number of carbonyl (C=O) groups excluding carboxylic acids is 1. The van der Waals surface area contributed by atoms with Gasteiger partial charge in [-0.3, -0.25) is 9.20 Å². The summed E-state index contributed by atoms with van der Waals surface area (Å²) in [5, 5.41) is 3.94. The van der Waals surface area contributed by atoms with Gasteiger partial charge in [-0.25, -0.2) is 4.98 Å². The van der Waals surface area contributed by atoms with Gasteiger partial charge in [0.15, 0.2) is 0 Å². The number of rotatable bonds is 2. The molecule has 6 heteroatoms. The first-order chi connectivity index (χ1) is 10.9. The first-order valence-electron chi connectivity index (χ1n) is 7.09. The molecule has 0 bridgehead atoms. The van der Waals surface area contributed by atoms with Crippen LogP contribution in [0.5, 0.6) is 0 Å². The monoisotopic (exact) mass is 347 g/mol. The molecule has 23 heavy (non-hydrogen) atoms.